The van der Waals surface area contributed by atoms with E-state index in [-0.39, 0.29) is 0 Å². The average molecular weight is 346 g/mol. The van der Waals surface area contributed by atoms with Gasteiger partial charge in [-0.3, -0.25) is 0 Å². The molecule has 0 amide bonds. The second kappa shape index (κ2) is 8.35. The van der Waals surface area contributed by atoms with Crippen LogP contribution in [0.5, 0.6) is 0 Å². The highest BCUT2D eigenvalue weighted by molar-refractivity contribution is 9.10. The smallest absolute Gasteiger partial charge is 0.0176 e. The van der Waals surface area contributed by atoms with Crippen LogP contribution in [-0.2, 0) is 6.42 Å². The molecule has 21 heavy (non-hydrogen) atoms. The van der Waals surface area contributed by atoms with Crippen molar-refractivity contribution >= 4 is 15.9 Å². The molecule has 0 aromatic heterocycles. The summed E-state index contributed by atoms with van der Waals surface area (Å²) in [5.41, 5.74) is 2.82. The zero-order chi connectivity index (χ0) is 15.1. The molecule has 0 radical (unpaired) electrons. The second-order valence-corrected chi connectivity index (χ2v) is 6.34. The molecule has 0 aliphatic heterocycles. The van der Waals surface area contributed by atoms with Crippen LogP contribution in [0.25, 0.3) is 0 Å². The van der Waals surface area contributed by atoms with E-state index in [1.165, 1.54) is 11.1 Å². The molecule has 0 aliphatic carbocycles. The lowest BCUT2D eigenvalue weighted by Crippen LogP contribution is -2.36. The van der Waals surface area contributed by atoms with E-state index in [9.17, 15) is 0 Å². The van der Waals surface area contributed by atoms with E-state index in [0.29, 0.717) is 12.0 Å². The molecule has 0 heterocycles. The molecule has 2 atom stereocenters. The van der Waals surface area contributed by atoms with Crippen molar-refractivity contribution < 1.29 is 0 Å². The third-order valence-corrected chi connectivity index (χ3v) is 4.52. The summed E-state index contributed by atoms with van der Waals surface area (Å²) in [5.74, 6) is 0.551. The highest BCUT2D eigenvalue weighted by atomic mass is 79.9. The SMILES string of the molecule is CCNC(Cc1ccc(Br)cc1)C(CC)c1ccccc1. The van der Waals surface area contributed by atoms with Crippen molar-refractivity contribution in [3.05, 3.63) is 70.2 Å². The van der Waals surface area contributed by atoms with Crippen molar-refractivity contribution in [2.45, 2.75) is 38.6 Å². The lowest BCUT2D eigenvalue weighted by Gasteiger charge is -2.28. The molecule has 112 valence electrons. The lowest BCUT2D eigenvalue weighted by atomic mass is 9.85. The topological polar surface area (TPSA) is 12.0 Å². The number of hydrogen-bond donors (Lipinski definition) is 1. The van der Waals surface area contributed by atoms with Crippen LogP contribution in [0.4, 0.5) is 0 Å². The van der Waals surface area contributed by atoms with Crippen LogP contribution in [0.2, 0.25) is 0 Å². The summed E-state index contributed by atoms with van der Waals surface area (Å²) in [6.45, 7) is 5.47. The third-order valence-electron chi connectivity index (χ3n) is 3.99. The second-order valence-electron chi connectivity index (χ2n) is 5.42. The van der Waals surface area contributed by atoms with Crippen molar-refractivity contribution in [3.8, 4) is 0 Å². The van der Waals surface area contributed by atoms with Gasteiger partial charge in [-0.1, -0.05) is 72.2 Å². The molecule has 1 N–H and O–H groups in total. The lowest BCUT2D eigenvalue weighted by molar-refractivity contribution is 0.428. The van der Waals surface area contributed by atoms with Gasteiger partial charge >= 0.3 is 0 Å². The van der Waals surface area contributed by atoms with Crippen LogP contribution in [0.1, 0.15) is 37.3 Å². The quantitative estimate of drug-likeness (QED) is 0.730. The molecule has 0 fully saturated rings. The largest absolute Gasteiger partial charge is 0.313 e. The van der Waals surface area contributed by atoms with Crippen molar-refractivity contribution in [2.75, 3.05) is 6.54 Å². The van der Waals surface area contributed by atoms with E-state index < -0.39 is 0 Å². The van der Waals surface area contributed by atoms with Gasteiger partial charge in [0, 0.05) is 10.5 Å². The maximum atomic E-state index is 3.68. The van der Waals surface area contributed by atoms with Crippen molar-refractivity contribution in [1.29, 1.82) is 0 Å². The molecule has 2 rings (SSSR count). The molecule has 0 aliphatic rings. The Kier molecular flexibility index (Phi) is 6.47. The van der Waals surface area contributed by atoms with Gasteiger partial charge in [-0.15, -0.1) is 0 Å². The highest BCUT2D eigenvalue weighted by Gasteiger charge is 2.21. The third kappa shape index (κ3) is 4.69. The minimum atomic E-state index is 0.476. The maximum absolute atomic E-state index is 3.68. The molecule has 2 aromatic rings. The number of rotatable bonds is 7. The summed E-state index contributed by atoms with van der Waals surface area (Å²) in [6, 6.07) is 20.0. The van der Waals surface area contributed by atoms with Gasteiger partial charge in [0.05, 0.1) is 0 Å². The monoisotopic (exact) mass is 345 g/mol. The van der Waals surface area contributed by atoms with Gasteiger partial charge in [0.15, 0.2) is 0 Å². The highest BCUT2D eigenvalue weighted by Crippen LogP contribution is 2.26. The van der Waals surface area contributed by atoms with Crippen molar-refractivity contribution in [2.24, 2.45) is 0 Å². The van der Waals surface area contributed by atoms with Crippen LogP contribution >= 0.6 is 15.9 Å². The fourth-order valence-corrected chi connectivity index (χ4v) is 3.21. The van der Waals surface area contributed by atoms with Crippen LogP contribution in [0.3, 0.4) is 0 Å². The molecule has 2 aromatic carbocycles. The van der Waals surface area contributed by atoms with E-state index in [1.807, 2.05) is 0 Å². The van der Waals surface area contributed by atoms with Crippen molar-refractivity contribution in [1.82, 2.24) is 5.32 Å². The van der Waals surface area contributed by atoms with E-state index >= 15 is 0 Å². The van der Waals surface area contributed by atoms with Crippen LogP contribution in [0, 0.1) is 0 Å². The van der Waals surface area contributed by atoms with Gasteiger partial charge < -0.3 is 5.32 Å². The fraction of sp³-hybridized carbons (Fsp3) is 0.368. The Morgan fingerprint density at radius 2 is 1.62 bits per heavy atom. The molecular weight excluding hydrogens is 322 g/mol. The van der Waals surface area contributed by atoms with Gasteiger partial charge in [-0.25, -0.2) is 0 Å². The Balaban J connectivity index is 2.18. The maximum Gasteiger partial charge on any atom is 0.0176 e. The van der Waals surface area contributed by atoms with Gasteiger partial charge in [0.2, 0.25) is 0 Å². The Morgan fingerprint density at radius 1 is 0.952 bits per heavy atom. The number of benzene rings is 2. The minimum Gasteiger partial charge on any atom is -0.313 e. The number of nitrogens with one attached hydrogen (secondary N) is 1. The summed E-state index contributed by atoms with van der Waals surface area (Å²) < 4.78 is 1.14. The summed E-state index contributed by atoms with van der Waals surface area (Å²) in [5, 5.41) is 3.68. The molecule has 2 heteroatoms. The van der Waals surface area contributed by atoms with Gasteiger partial charge in [0.1, 0.15) is 0 Å². The average Bonchev–Trinajstić information content (AvgIpc) is 2.51. The summed E-state index contributed by atoms with van der Waals surface area (Å²) in [4.78, 5) is 0. The van der Waals surface area contributed by atoms with E-state index in [1.54, 1.807) is 0 Å². The molecule has 1 nitrogen and oxygen atoms in total. The van der Waals surface area contributed by atoms with Gasteiger partial charge in [-0.05, 0) is 48.6 Å². The zero-order valence-electron chi connectivity index (χ0n) is 12.9. The molecule has 0 saturated heterocycles. The summed E-state index contributed by atoms with van der Waals surface area (Å²) in [7, 11) is 0. The molecule has 2 unspecified atom stereocenters. The van der Waals surface area contributed by atoms with Crippen LogP contribution in [0.15, 0.2) is 59.1 Å². The van der Waals surface area contributed by atoms with Crippen LogP contribution < -0.4 is 5.32 Å². The Morgan fingerprint density at radius 3 is 2.19 bits per heavy atom. The number of halogens is 1. The first-order valence-electron chi connectivity index (χ1n) is 7.77. The van der Waals surface area contributed by atoms with E-state index in [4.69, 9.17) is 0 Å². The Labute approximate surface area is 136 Å². The van der Waals surface area contributed by atoms with E-state index in [0.717, 1.165) is 23.9 Å². The normalized spacial score (nSPS) is 13.9. The summed E-state index contributed by atoms with van der Waals surface area (Å²) >= 11 is 3.51. The first-order chi connectivity index (χ1) is 10.2. The number of likely N-dealkylation sites (N-methyl/N-ethyl adjacent to an activating group) is 1. The first kappa shape index (κ1) is 16.3. The molecule has 0 spiro atoms. The van der Waals surface area contributed by atoms with Crippen molar-refractivity contribution in [3.63, 3.8) is 0 Å². The molecule has 0 saturated carbocycles. The predicted molar refractivity (Wildman–Crippen MR) is 94.8 cm³/mol. The standard InChI is InChI=1S/C19H24BrN/c1-3-18(16-8-6-5-7-9-16)19(21-4-2)14-15-10-12-17(20)13-11-15/h5-13,18-19,21H,3-4,14H2,1-2H3. The Bertz CT molecular complexity index is 521. The van der Waals surface area contributed by atoms with Gasteiger partial charge in [0.25, 0.3) is 0 Å². The summed E-state index contributed by atoms with van der Waals surface area (Å²) in [6.07, 6.45) is 2.22. The predicted octanol–water partition coefficient (Wildman–Crippen LogP) is 5.16. The first-order valence-corrected chi connectivity index (χ1v) is 8.56. The molecular formula is C19H24BrN. The minimum absolute atomic E-state index is 0.476. The number of hydrogen-bond acceptors (Lipinski definition) is 1. The van der Waals surface area contributed by atoms with Crippen LogP contribution in [-0.4, -0.2) is 12.6 Å². The Hall–Kier alpha value is -1.12. The fourth-order valence-electron chi connectivity index (χ4n) is 2.95. The zero-order valence-corrected chi connectivity index (χ0v) is 14.4. The molecule has 0 bridgehead atoms. The van der Waals surface area contributed by atoms with E-state index in [2.05, 4.69) is 89.7 Å². The van der Waals surface area contributed by atoms with Gasteiger partial charge in [-0.2, -0.15) is 0 Å².